The third-order valence-electron chi connectivity index (χ3n) is 1.90. The molecule has 1 N–H and O–H groups in total. The van der Waals surface area contributed by atoms with Gasteiger partial charge in [0.05, 0.1) is 6.10 Å². The van der Waals surface area contributed by atoms with E-state index in [2.05, 4.69) is 22.6 Å². The maximum atomic E-state index is 9.46. The summed E-state index contributed by atoms with van der Waals surface area (Å²) in [5.41, 5.74) is 1.04. The minimum Gasteiger partial charge on any atom is -0.390 e. The summed E-state index contributed by atoms with van der Waals surface area (Å²) >= 11 is 2.24. The predicted molar refractivity (Wildman–Crippen MR) is 60.6 cm³/mol. The van der Waals surface area contributed by atoms with Crippen LogP contribution >= 0.6 is 22.6 Å². The highest BCUT2D eigenvalue weighted by atomic mass is 127. The Morgan fingerprint density at radius 1 is 1.38 bits per heavy atom. The summed E-state index contributed by atoms with van der Waals surface area (Å²) < 4.78 is 6.34. The van der Waals surface area contributed by atoms with E-state index >= 15 is 0 Å². The third kappa shape index (κ3) is 2.65. The quantitative estimate of drug-likeness (QED) is 0.867. The van der Waals surface area contributed by atoms with Crippen LogP contribution in [0.25, 0.3) is 0 Å². The summed E-state index contributed by atoms with van der Waals surface area (Å²) in [6.07, 6.45) is -0.714. The van der Waals surface area contributed by atoms with E-state index in [1.165, 1.54) is 0 Å². The molecule has 1 aromatic carbocycles. The highest BCUT2D eigenvalue weighted by molar-refractivity contribution is 14.1. The molecule has 0 fully saturated rings. The molecule has 13 heavy (non-hydrogen) atoms. The number of benzene rings is 1. The van der Waals surface area contributed by atoms with E-state index < -0.39 is 6.10 Å². The second-order valence-electron chi connectivity index (χ2n) is 2.92. The van der Waals surface area contributed by atoms with Crippen LogP contribution in [0.3, 0.4) is 0 Å². The number of halogens is 1. The van der Waals surface area contributed by atoms with Gasteiger partial charge in [0.1, 0.15) is 6.10 Å². The Balaban J connectivity index is 2.97. The molecule has 2 atom stereocenters. The maximum Gasteiger partial charge on any atom is 0.109 e. The molecule has 0 amide bonds. The molecule has 2 unspecified atom stereocenters. The molecule has 0 heterocycles. The minimum atomic E-state index is -0.485. The molecule has 2 nitrogen and oxygen atoms in total. The Hall–Kier alpha value is -0.130. The standard InChI is InChI=1S/C10H13IO2/c1-7(12)10(13-2)8-5-3-4-6-9(8)11/h3-7,10,12H,1-2H3. The number of ether oxygens (including phenoxy) is 1. The molecular formula is C10H13IO2. The van der Waals surface area contributed by atoms with Crippen molar-refractivity contribution in [2.45, 2.75) is 19.1 Å². The van der Waals surface area contributed by atoms with Gasteiger partial charge in [-0.3, -0.25) is 0 Å². The second-order valence-corrected chi connectivity index (χ2v) is 4.08. The van der Waals surface area contributed by atoms with Gasteiger partial charge in [-0.15, -0.1) is 0 Å². The van der Waals surface area contributed by atoms with Gasteiger partial charge in [-0.1, -0.05) is 18.2 Å². The summed E-state index contributed by atoms with van der Waals surface area (Å²) in [4.78, 5) is 0. The first-order chi connectivity index (χ1) is 6.16. The molecule has 3 heteroatoms. The van der Waals surface area contributed by atoms with Crippen molar-refractivity contribution in [2.24, 2.45) is 0 Å². The van der Waals surface area contributed by atoms with E-state index in [4.69, 9.17) is 4.74 Å². The van der Waals surface area contributed by atoms with Gasteiger partial charge in [0.2, 0.25) is 0 Å². The van der Waals surface area contributed by atoms with Crippen molar-refractivity contribution in [2.75, 3.05) is 7.11 Å². The van der Waals surface area contributed by atoms with E-state index in [0.717, 1.165) is 9.13 Å². The van der Waals surface area contributed by atoms with Gasteiger partial charge in [-0.2, -0.15) is 0 Å². The topological polar surface area (TPSA) is 29.5 Å². The smallest absolute Gasteiger partial charge is 0.109 e. The number of hydrogen-bond donors (Lipinski definition) is 1. The van der Waals surface area contributed by atoms with Gasteiger partial charge in [0.15, 0.2) is 0 Å². The van der Waals surface area contributed by atoms with Crippen LogP contribution in [-0.2, 0) is 4.74 Å². The average Bonchev–Trinajstić information content (AvgIpc) is 2.09. The SMILES string of the molecule is COC(c1ccccc1I)C(C)O. The van der Waals surface area contributed by atoms with Gasteiger partial charge >= 0.3 is 0 Å². The fourth-order valence-corrected chi connectivity index (χ4v) is 1.98. The maximum absolute atomic E-state index is 9.46. The third-order valence-corrected chi connectivity index (χ3v) is 2.89. The molecule has 0 aliphatic carbocycles. The van der Waals surface area contributed by atoms with Gasteiger partial charge in [-0.05, 0) is 41.1 Å². The largest absolute Gasteiger partial charge is 0.390 e. The van der Waals surface area contributed by atoms with Crippen LogP contribution in [0.5, 0.6) is 0 Å². The van der Waals surface area contributed by atoms with Crippen molar-refractivity contribution in [1.82, 2.24) is 0 Å². The van der Waals surface area contributed by atoms with Crippen molar-refractivity contribution in [3.63, 3.8) is 0 Å². The predicted octanol–water partition coefficient (Wildman–Crippen LogP) is 2.36. The molecule has 1 rings (SSSR count). The molecule has 72 valence electrons. The fourth-order valence-electron chi connectivity index (χ4n) is 1.29. The normalized spacial score (nSPS) is 15.4. The van der Waals surface area contributed by atoms with Crippen molar-refractivity contribution in [3.05, 3.63) is 33.4 Å². The first-order valence-corrected chi connectivity index (χ1v) is 5.20. The van der Waals surface area contributed by atoms with Crippen LogP contribution in [0.2, 0.25) is 0 Å². The van der Waals surface area contributed by atoms with Crippen molar-refractivity contribution >= 4 is 22.6 Å². The molecule has 0 aliphatic rings. The molecule has 1 aromatic rings. The van der Waals surface area contributed by atoms with Crippen LogP contribution in [0.15, 0.2) is 24.3 Å². The van der Waals surface area contributed by atoms with Crippen molar-refractivity contribution in [3.8, 4) is 0 Å². The molecule has 0 saturated heterocycles. The van der Waals surface area contributed by atoms with Crippen LogP contribution in [0.1, 0.15) is 18.6 Å². The van der Waals surface area contributed by atoms with Crippen LogP contribution in [0.4, 0.5) is 0 Å². The van der Waals surface area contributed by atoms with Crippen molar-refractivity contribution < 1.29 is 9.84 Å². The molecule has 0 radical (unpaired) electrons. The number of aliphatic hydroxyl groups is 1. The Labute approximate surface area is 92.1 Å². The lowest BCUT2D eigenvalue weighted by Crippen LogP contribution is -2.17. The molecule has 0 spiro atoms. The van der Waals surface area contributed by atoms with Gasteiger partial charge in [0, 0.05) is 10.7 Å². The Kier molecular flexibility index (Phi) is 4.15. The van der Waals surface area contributed by atoms with Crippen LogP contribution in [-0.4, -0.2) is 18.3 Å². The van der Waals surface area contributed by atoms with Gasteiger partial charge in [0.25, 0.3) is 0 Å². The lowest BCUT2D eigenvalue weighted by atomic mass is 10.1. The molecule has 0 bridgehead atoms. The Morgan fingerprint density at radius 2 is 2.00 bits per heavy atom. The highest BCUT2D eigenvalue weighted by Crippen LogP contribution is 2.24. The zero-order valence-electron chi connectivity index (χ0n) is 7.70. The summed E-state index contributed by atoms with van der Waals surface area (Å²) in [6, 6.07) is 7.90. The fraction of sp³-hybridized carbons (Fsp3) is 0.400. The monoisotopic (exact) mass is 292 g/mol. The van der Waals surface area contributed by atoms with E-state index in [1.54, 1.807) is 14.0 Å². The Morgan fingerprint density at radius 3 is 2.46 bits per heavy atom. The molecular weight excluding hydrogens is 279 g/mol. The zero-order valence-corrected chi connectivity index (χ0v) is 9.86. The Bertz CT molecular complexity index is 273. The zero-order chi connectivity index (χ0) is 9.84. The van der Waals surface area contributed by atoms with Crippen LogP contribution < -0.4 is 0 Å². The van der Waals surface area contributed by atoms with E-state index in [9.17, 15) is 5.11 Å². The summed E-state index contributed by atoms with van der Waals surface area (Å²) in [5, 5.41) is 9.46. The molecule has 0 aliphatic heterocycles. The lowest BCUT2D eigenvalue weighted by Gasteiger charge is -2.19. The number of methoxy groups -OCH3 is 1. The first kappa shape index (κ1) is 10.9. The summed E-state index contributed by atoms with van der Waals surface area (Å²) in [6.45, 7) is 1.73. The second kappa shape index (κ2) is 4.93. The van der Waals surface area contributed by atoms with Gasteiger partial charge in [-0.25, -0.2) is 0 Å². The number of aliphatic hydroxyl groups excluding tert-OH is 1. The lowest BCUT2D eigenvalue weighted by molar-refractivity contribution is -0.00395. The molecule has 0 aromatic heterocycles. The van der Waals surface area contributed by atoms with Crippen molar-refractivity contribution in [1.29, 1.82) is 0 Å². The number of rotatable bonds is 3. The molecule has 0 saturated carbocycles. The average molecular weight is 292 g/mol. The van der Waals surface area contributed by atoms with Crippen LogP contribution in [0, 0.1) is 3.57 Å². The number of hydrogen-bond acceptors (Lipinski definition) is 2. The van der Waals surface area contributed by atoms with E-state index in [1.807, 2.05) is 24.3 Å². The van der Waals surface area contributed by atoms with E-state index in [-0.39, 0.29) is 6.10 Å². The summed E-state index contributed by atoms with van der Waals surface area (Å²) in [7, 11) is 1.61. The highest BCUT2D eigenvalue weighted by Gasteiger charge is 2.18. The van der Waals surface area contributed by atoms with Gasteiger partial charge < -0.3 is 9.84 Å². The first-order valence-electron chi connectivity index (χ1n) is 4.12. The van der Waals surface area contributed by atoms with E-state index in [0.29, 0.717) is 0 Å². The minimum absolute atomic E-state index is 0.229. The summed E-state index contributed by atoms with van der Waals surface area (Å²) in [5.74, 6) is 0.